The van der Waals surface area contributed by atoms with Gasteiger partial charge in [0.15, 0.2) is 0 Å². The highest BCUT2D eigenvalue weighted by atomic mass is 16.4. The Labute approximate surface area is 183 Å². The number of allylic oxidation sites excluding steroid dienone is 2. The Morgan fingerprint density at radius 2 is 1.00 bits per heavy atom. The molecule has 0 aliphatic rings. The number of hydrogen-bond donors (Lipinski definition) is 0. The fraction of sp³-hybridized carbons (Fsp3) is 0.885. The van der Waals surface area contributed by atoms with E-state index < -0.39 is 5.97 Å². The van der Waals surface area contributed by atoms with Gasteiger partial charge in [0.1, 0.15) is 0 Å². The van der Waals surface area contributed by atoms with Crippen molar-refractivity contribution in [1.82, 2.24) is 0 Å². The van der Waals surface area contributed by atoms with E-state index in [2.05, 4.69) is 46.8 Å². The molecule has 0 N–H and O–H groups in total. The molecule has 0 radical (unpaired) electrons. The van der Waals surface area contributed by atoms with Crippen LogP contribution in [-0.4, -0.2) is 36.6 Å². The molecule has 0 aliphatic heterocycles. The molecule has 0 aromatic rings. The number of unbranched alkanes of at least 4 members (excludes halogenated alkanes) is 11. The molecule has 174 valence electrons. The molecular formula is C26H53NO2. The van der Waals surface area contributed by atoms with Crippen LogP contribution in [0.2, 0.25) is 0 Å². The first-order valence-electron chi connectivity index (χ1n) is 12.7. The first-order valence-corrected chi connectivity index (χ1v) is 12.7. The van der Waals surface area contributed by atoms with Gasteiger partial charge in [-0.05, 0) is 66.2 Å². The number of quaternary nitrogens is 1. The van der Waals surface area contributed by atoms with Crippen molar-refractivity contribution in [1.29, 1.82) is 0 Å². The Balaban J connectivity index is 0. The molecule has 0 heterocycles. The van der Waals surface area contributed by atoms with E-state index in [0.717, 1.165) is 19.3 Å². The summed E-state index contributed by atoms with van der Waals surface area (Å²) < 4.78 is 1.28. The maximum atomic E-state index is 10.2. The number of rotatable bonds is 19. The minimum absolute atomic E-state index is 0.220. The smallest absolute Gasteiger partial charge is 0.0757 e. The van der Waals surface area contributed by atoms with E-state index in [0.29, 0.717) is 0 Å². The molecule has 3 nitrogen and oxygen atoms in total. The summed E-state index contributed by atoms with van der Waals surface area (Å²) in [6, 6.07) is 0. The van der Waals surface area contributed by atoms with Crippen LogP contribution in [0.3, 0.4) is 0 Å². The van der Waals surface area contributed by atoms with Gasteiger partial charge >= 0.3 is 0 Å². The normalized spacial score (nSPS) is 11.5. The molecule has 0 rings (SSSR count). The van der Waals surface area contributed by atoms with Crippen molar-refractivity contribution in [2.45, 2.75) is 125 Å². The number of carbonyl (C=O) groups is 1. The molecule has 0 unspecified atom stereocenters. The van der Waals surface area contributed by atoms with E-state index in [9.17, 15) is 9.90 Å². The van der Waals surface area contributed by atoms with Crippen molar-refractivity contribution in [2.75, 3.05) is 26.2 Å². The van der Waals surface area contributed by atoms with Gasteiger partial charge < -0.3 is 14.4 Å². The average Bonchev–Trinajstić information content (AvgIpc) is 2.73. The lowest BCUT2D eigenvalue weighted by Crippen LogP contribution is -2.47. The summed E-state index contributed by atoms with van der Waals surface area (Å²) in [5.41, 5.74) is 0. The minimum Gasteiger partial charge on any atom is -0.550 e. The van der Waals surface area contributed by atoms with Crippen LogP contribution in [-0.2, 0) is 4.79 Å². The highest BCUT2D eigenvalue weighted by Gasteiger charge is 2.16. The summed E-state index contributed by atoms with van der Waals surface area (Å²) in [4.78, 5) is 10.2. The van der Waals surface area contributed by atoms with Crippen molar-refractivity contribution >= 4 is 5.97 Å². The fourth-order valence-electron chi connectivity index (χ4n) is 3.68. The lowest BCUT2D eigenvalue weighted by atomic mass is 10.1. The van der Waals surface area contributed by atoms with Crippen LogP contribution in [0.1, 0.15) is 125 Å². The molecule has 29 heavy (non-hydrogen) atoms. The van der Waals surface area contributed by atoms with Crippen molar-refractivity contribution in [3.63, 3.8) is 0 Å². The molecule has 0 fully saturated rings. The molecule has 0 amide bonds. The Morgan fingerprint density at radius 3 is 1.34 bits per heavy atom. The number of nitrogens with zero attached hydrogens (tertiary/aromatic N) is 1. The number of carboxylic acids is 1. The van der Waals surface area contributed by atoms with Crippen LogP contribution in [0.4, 0.5) is 0 Å². The third kappa shape index (κ3) is 21.7. The van der Waals surface area contributed by atoms with Gasteiger partial charge in [-0.1, -0.05) is 70.4 Å². The van der Waals surface area contributed by atoms with E-state index in [-0.39, 0.29) is 6.42 Å². The molecule has 0 aromatic carbocycles. The maximum Gasteiger partial charge on any atom is 0.0757 e. The summed E-state index contributed by atoms with van der Waals surface area (Å²) in [5.74, 6) is -0.914. The zero-order chi connectivity index (χ0) is 22.2. The van der Waals surface area contributed by atoms with Gasteiger partial charge in [-0.25, -0.2) is 0 Å². The predicted octanol–water partition coefficient (Wildman–Crippen LogP) is 6.66. The van der Waals surface area contributed by atoms with Gasteiger partial charge in [-0.2, -0.15) is 0 Å². The first-order chi connectivity index (χ1) is 14.0. The summed E-state index contributed by atoms with van der Waals surface area (Å²) >= 11 is 0. The zero-order valence-electron chi connectivity index (χ0n) is 20.6. The second kappa shape index (κ2) is 23.4. The highest BCUT2D eigenvalue weighted by Crippen LogP contribution is 2.09. The van der Waals surface area contributed by atoms with Crippen LogP contribution in [0.5, 0.6) is 0 Å². The topological polar surface area (TPSA) is 40.1 Å². The van der Waals surface area contributed by atoms with Crippen LogP contribution in [0.15, 0.2) is 12.2 Å². The summed E-state index contributed by atoms with van der Waals surface area (Å²) in [6.45, 7) is 16.5. The number of hydrogen-bond acceptors (Lipinski definition) is 2. The van der Waals surface area contributed by atoms with Gasteiger partial charge in [0, 0.05) is 5.97 Å². The second-order valence-electron chi connectivity index (χ2n) is 8.31. The summed E-state index contributed by atoms with van der Waals surface area (Å²) in [6.07, 6.45) is 20.9. The van der Waals surface area contributed by atoms with Crippen LogP contribution in [0, 0.1) is 0 Å². The number of carbonyl (C=O) groups excluding carboxylic acids is 1. The monoisotopic (exact) mass is 411 g/mol. The number of aliphatic carboxylic acids is 1. The highest BCUT2D eigenvalue weighted by molar-refractivity contribution is 5.63. The standard InChI is InChI=1S/C18H34O2.C8H20N/c1-2-3-4-5-6-7-8-9-10-11-12-13-14-15-16-17-18(19)20;1-5-9(6-2,7-3)8-4/h9-10H,2-8,11-17H2,1H3,(H,19,20);5-8H2,1-4H3/q;+1/p-1/b10-9-;. The lowest BCUT2D eigenvalue weighted by Gasteiger charge is -2.34. The molecular weight excluding hydrogens is 358 g/mol. The lowest BCUT2D eigenvalue weighted by molar-refractivity contribution is -0.921. The molecule has 3 heteroatoms. The van der Waals surface area contributed by atoms with Gasteiger partial charge in [0.05, 0.1) is 26.2 Å². The van der Waals surface area contributed by atoms with Crippen molar-refractivity contribution in [2.24, 2.45) is 0 Å². The first kappa shape index (κ1) is 30.4. The molecule has 0 aliphatic carbocycles. The van der Waals surface area contributed by atoms with Gasteiger partial charge in [-0.15, -0.1) is 0 Å². The van der Waals surface area contributed by atoms with Crippen LogP contribution < -0.4 is 5.11 Å². The second-order valence-corrected chi connectivity index (χ2v) is 8.31. The predicted molar refractivity (Wildman–Crippen MR) is 127 cm³/mol. The third-order valence-corrected chi connectivity index (χ3v) is 6.33. The Kier molecular flexibility index (Phi) is 24.6. The van der Waals surface area contributed by atoms with Gasteiger partial charge in [0.25, 0.3) is 0 Å². The van der Waals surface area contributed by atoms with Gasteiger partial charge in [-0.3, -0.25) is 0 Å². The van der Waals surface area contributed by atoms with Crippen molar-refractivity contribution in [3.8, 4) is 0 Å². The molecule has 0 saturated heterocycles. The van der Waals surface area contributed by atoms with Crippen molar-refractivity contribution in [3.05, 3.63) is 12.2 Å². The summed E-state index contributed by atoms with van der Waals surface area (Å²) in [5, 5.41) is 10.2. The van der Waals surface area contributed by atoms with Crippen LogP contribution >= 0.6 is 0 Å². The van der Waals surface area contributed by atoms with Crippen molar-refractivity contribution < 1.29 is 14.4 Å². The van der Waals surface area contributed by atoms with E-state index >= 15 is 0 Å². The van der Waals surface area contributed by atoms with E-state index in [1.54, 1.807) is 0 Å². The Hall–Kier alpha value is -0.830. The number of carboxylic acid groups (broad SMARTS) is 1. The molecule has 0 spiro atoms. The van der Waals surface area contributed by atoms with Crippen LogP contribution in [0.25, 0.3) is 0 Å². The van der Waals surface area contributed by atoms with Gasteiger partial charge in [0.2, 0.25) is 0 Å². The van der Waals surface area contributed by atoms with E-state index in [1.807, 2.05) is 0 Å². The fourth-order valence-corrected chi connectivity index (χ4v) is 3.68. The molecule has 0 aromatic heterocycles. The third-order valence-electron chi connectivity index (χ3n) is 6.33. The van der Waals surface area contributed by atoms with E-state index in [4.69, 9.17) is 0 Å². The maximum absolute atomic E-state index is 10.2. The Morgan fingerprint density at radius 1 is 0.621 bits per heavy atom. The molecule has 0 atom stereocenters. The minimum atomic E-state index is -0.914. The molecule has 0 saturated carbocycles. The van der Waals surface area contributed by atoms with E-state index in [1.165, 1.54) is 94.9 Å². The largest absolute Gasteiger partial charge is 0.550 e. The zero-order valence-corrected chi connectivity index (χ0v) is 20.6. The Bertz CT molecular complexity index is 344. The summed E-state index contributed by atoms with van der Waals surface area (Å²) in [7, 11) is 0. The molecule has 0 bridgehead atoms. The quantitative estimate of drug-likeness (QED) is 0.135. The average molecular weight is 412 g/mol. The SMILES string of the molecule is CCCCCCCC/C=C\CCCCCCCC(=O)[O-].CC[N+](CC)(CC)CC.